The number of nitrogens with zero attached hydrogens (tertiary/aromatic N) is 1. The third-order valence-corrected chi connectivity index (χ3v) is 2.52. The molecule has 0 heterocycles. The molecule has 0 saturated heterocycles. The van der Waals surface area contributed by atoms with Gasteiger partial charge in [0.1, 0.15) is 0 Å². The lowest BCUT2D eigenvalue weighted by Crippen LogP contribution is -2.09. The quantitative estimate of drug-likeness (QED) is 0.220. The molecule has 0 aromatic rings. The van der Waals surface area contributed by atoms with E-state index in [1.807, 2.05) is 0 Å². The van der Waals surface area contributed by atoms with Crippen LogP contribution in [0.3, 0.4) is 0 Å². The fourth-order valence-corrected chi connectivity index (χ4v) is 1.55. The zero-order valence-electron chi connectivity index (χ0n) is 7.75. The highest BCUT2D eigenvalue weighted by Gasteiger charge is 1.93. The number of hydrazone groups is 1. The van der Waals surface area contributed by atoms with E-state index >= 15 is 0 Å². The van der Waals surface area contributed by atoms with Crippen molar-refractivity contribution in [1.29, 1.82) is 0 Å². The Balaban J connectivity index is 3.00. The van der Waals surface area contributed by atoms with Crippen LogP contribution < -0.4 is 11.6 Å². The number of unbranched alkanes of at least 4 members (excludes halogenated alkanes) is 4. The van der Waals surface area contributed by atoms with E-state index in [0.29, 0.717) is 5.17 Å². The Labute approximate surface area is 79.0 Å². The van der Waals surface area contributed by atoms with Gasteiger partial charge in [-0.05, 0) is 6.42 Å². The van der Waals surface area contributed by atoms with Crippen molar-refractivity contribution in [2.45, 2.75) is 39.0 Å². The first kappa shape index (κ1) is 11.6. The lowest BCUT2D eigenvalue weighted by molar-refractivity contribution is 0.659. The first-order chi connectivity index (χ1) is 5.81. The molecule has 0 aromatic heterocycles. The average Bonchev–Trinajstić information content (AvgIpc) is 2.10. The normalized spacial score (nSPS) is 11.9. The Bertz CT molecular complexity index is 125. The van der Waals surface area contributed by atoms with Gasteiger partial charge in [0, 0.05) is 5.75 Å². The molecule has 0 amide bonds. The highest BCUT2D eigenvalue weighted by atomic mass is 32.2. The molecule has 0 rings (SSSR count). The van der Waals surface area contributed by atoms with Crippen LogP contribution in [0.4, 0.5) is 0 Å². The molecule has 0 aliphatic carbocycles. The number of rotatable bonds is 6. The average molecular weight is 189 g/mol. The van der Waals surface area contributed by atoms with Crippen molar-refractivity contribution >= 4 is 16.9 Å². The van der Waals surface area contributed by atoms with E-state index in [9.17, 15) is 0 Å². The fourth-order valence-electron chi connectivity index (χ4n) is 0.920. The molecule has 0 fully saturated rings. The van der Waals surface area contributed by atoms with Crippen LogP contribution in [0.2, 0.25) is 0 Å². The maximum absolute atomic E-state index is 5.40. The van der Waals surface area contributed by atoms with E-state index in [2.05, 4.69) is 12.0 Å². The summed E-state index contributed by atoms with van der Waals surface area (Å²) < 4.78 is 0. The maximum Gasteiger partial charge on any atom is 0.177 e. The van der Waals surface area contributed by atoms with Gasteiger partial charge in [0.15, 0.2) is 5.17 Å². The van der Waals surface area contributed by atoms with Gasteiger partial charge in [-0.3, -0.25) is 0 Å². The minimum Gasteiger partial charge on any atom is -0.377 e. The van der Waals surface area contributed by atoms with Crippen molar-refractivity contribution in [3.63, 3.8) is 0 Å². The molecule has 0 unspecified atom stereocenters. The predicted molar refractivity (Wildman–Crippen MR) is 57.0 cm³/mol. The van der Waals surface area contributed by atoms with Gasteiger partial charge < -0.3 is 11.6 Å². The van der Waals surface area contributed by atoms with Gasteiger partial charge in [-0.2, -0.15) is 5.10 Å². The molecule has 0 atom stereocenters. The van der Waals surface area contributed by atoms with E-state index < -0.39 is 0 Å². The van der Waals surface area contributed by atoms with Gasteiger partial charge in [-0.1, -0.05) is 44.4 Å². The highest BCUT2D eigenvalue weighted by Crippen LogP contribution is 2.07. The molecule has 0 aliphatic heterocycles. The minimum atomic E-state index is 0.491. The molecule has 12 heavy (non-hydrogen) atoms. The number of nitrogens with two attached hydrogens (primary N) is 2. The molecule has 0 bridgehead atoms. The van der Waals surface area contributed by atoms with Crippen LogP contribution in [0.1, 0.15) is 39.0 Å². The van der Waals surface area contributed by atoms with Crippen molar-refractivity contribution in [3.8, 4) is 0 Å². The van der Waals surface area contributed by atoms with Crippen molar-refractivity contribution < 1.29 is 0 Å². The second-order valence-corrected chi connectivity index (χ2v) is 3.85. The SMILES string of the molecule is CCCCCCCSC(N)=NN. The molecule has 0 spiro atoms. The van der Waals surface area contributed by atoms with Crippen LogP contribution in [0.25, 0.3) is 0 Å². The lowest BCUT2D eigenvalue weighted by Gasteiger charge is -1.99. The molecule has 0 saturated carbocycles. The van der Waals surface area contributed by atoms with Gasteiger partial charge in [-0.15, -0.1) is 0 Å². The summed E-state index contributed by atoms with van der Waals surface area (Å²) in [5.41, 5.74) is 5.40. The Hall–Kier alpha value is -0.380. The second-order valence-electron chi connectivity index (χ2n) is 2.73. The van der Waals surface area contributed by atoms with Crippen molar-refractivity contribution in [1.82, 2.24) is 0 Å². The molecule has 0 radical (unpaired) electrons. The van der Waals surface area contributed by atoms with Gasteiger partial charge in [0.2, 0.25) is 0 Å². The second kappa shape index (κ2) is 8.71. The molecule has 3 nitrogen and oxygen atoms in total. The molecular formula is C8H19N3S. The van der Waals surface area contributed by atoms with Crippen molar-refractivity contribution in [2.24, 2.45) is 16.7 Å². The first-order valence-corrected chi connectivity index (χ1v) is 5.46. The molecular weight excluding hydrogens is 170 g/mol. The summed E-state index contributed by atoms with van der Waals surface area (Å²) >= 11 is 1.54. The molecule has 0 aliphatic rings. The Morgan fingerprint density at radius 3 is 2.50 bits per heavy atom. The lowest BCUT2D eigenvalue weighted by atomic mass is 10.2. The minimum absolute atomic E-state index is 0.491. The maximum atomic E-state index is 5.40. The fraction of sp³-hybridized carbons (Fsp3) is 0.875. The van der Waals surface area contributed by atoms with Gasteiger partial charge in [0.25, 0.3) is 0 Å². The summed E-state index contributed by atoms with van der Waals surface area (Å²) in [5, 5.41) is 3.87. The summed E-state index contributed by atoms with van der Waals surface area (Å²) in [6.45, 7) is 2.22. The van der Waals surface area contributed by atoms with Crippen LogP contribution in [0, 0.1) is 0 Å². The van der Waals surface area contributed by atoms with Crippen LogP contribution in [-0.2, 0) is 0 Å². The third-order valence-electron chi connectivity index (χ3n) is 1.63. The van der Waals surface area contributed by atoms with Crippen LogP contribution in [0.15, 0.2) is 5.10 Å². The van der Waals surface area contributed by atoms with Gasteiger partial charge in [0.05, 0.1) is 0 Å². The summed E-state index contributed by atoms with van der Waals surface area (Å²) in [6, 6.07) is 0. The molecule has 72 valence electrons. The number of amidine groups is 1. The number of hydrogen-bond acceptors (Lipinski definition) is 3. The summed E-state index contributed by atoms with van der Waals surface area (Å²) in [4.78, 5) is 0. The zero-order chi connectivity index (χ0) is 9.23. The Morgan fingerprint density at radius 1 is 1.25 bits per heavy atom. The summed E-state index contributed by atoms with van der Waals surface area (Å²) in [5.74, 6) is 6.01. The van der Waals surface area contributed by atoms with Crippen molar-refractivity contribution in [3.05, 3.63) is 0 Å². The Morgan fingerprint density at radius 2 is 1.92 bits per heavy atom. The van der Waals surface area contributed by atoms with E-state index in [1.165, 1.54) is 43.9 Å². The van der Waals surface area contributed by atoms with Crippen LogP contribution >= 0.6 is 11.8 Å². The van der Waals surface area contributed by atoms with Crippen LogP contribution in [0.5, 0.6) is 0 Å². The zero-order valence-corrected chi connectivity index (χ0v) is 8.57. The first-order valence-electron chi connectivity index (χ1n) is 4.47. The smallest absolute Gasteiger partial charge is 0.177 e. The monoisotopic (exact) mass is 189 g/mol. The largest absolute Gasteiger partial charge is 0.377 e. The number of thioether (sulfide) groups is 1. The molecule has 0 aromatic carbocycles. The predicted octanol–water partition coefficient (Wildman–Crippen LogP) is 1.88. The van der Waals surface area contributed by atoms with E-state index in [-0.39, 0.29) is 0 Å². The standard InChI is InChI=1S/C8H19N3S/c1-2-3-4-5-6-7-12-8(9)11-10/h2-7,10H2,1H3,(H2,9,11). The Kier molecular flexibility index (Phi) is 8.44. The van der Waals surface area contributed by atoms with E-state index in [0.717, 1.165) is 5.75 Å². The summed E-state index contributed by atoms with van der Waals surface area (Å²) in [7, 11) is 0. The van der Waals surface area contributed by atoms with Crippen LogP contribution in [-0.4, -0.2) is 10.9 Å². The topological polar surface area (TPSA) is 64.4 Å². The van der Waals surface area contributed by atoms with E-state index in [1.54, 1.807) is 0 Å². The van der Waals surface area contributed by atoms with Gasteiger partial charge >= 0.3 is 0 Å². The third kappa shape index (κ3) is 7.72. The van der Waals surface area contributed by atoms with E-state index in [4.69, 9.17) is 11.6 Å². The van der Waals surface area contributed by atoms with Gasteiger partial charge in [-0.25, -0.2) is 0 Å². The molecule has 4 heteroatoms. The molecule has 4 N–H and O–H groups in total. The number of hydrogen-bond donors (Lipinski definition) is 2. The summed E-state index contributed by atoms with van der Waals surface area (Å²) in [6.07, 6.45) is 6.46. The highest BCUT2D eigenvalue weighted by molar-refractivity contribution is 8.13. The van der Waals surface area contributed by atoms with Crippen molar-refractivity contribution in [2.75, 3.05) is 5.75 Å².